The van der Waals surface area contributed by atoms with E-state index in [1.165, 1.54) is 38.5 Å². The first-order valence-electron chi connectivity index (χ1n) is 6.49. The lowest BCUT2D eigenvalue weighted by atomic mass is 9.72. The van der Waals surface area contributed by atoms with Gasteiger partial charge in [0, 0.05) is 13.5 Å². The fourth-order valence-electron chi connectivity index (χ4n) is 3.13. The van der Waals surface area contributed by atoms with Crippen LogP contribution in [0.15, 0.2) is 0 Å². The Balaban J connectivity index is 1.82. The van der Waals surface area contributed by atoms with Crippen molar-refractivity contribution >= 4 is 0 Å². The Kier molecular flexibility index (Phi) is 3.68. The summed E-state index contributed by atoms with van der Waals surface area (Å²) in [6, 6.07) is 0. The predicted octanol–water partition coefficient (Wildman–Crippen LogP) is 2.89. The van der Waals surface area contributed by atoms with Crippen LogP contribution in [-0.2, 0) is 4.74 Å². The highest BCUT2D eigenvalue weighted by molar-refractivity contribution is 4.92. The molecule has 15 heavy (non-hydrogen) atoms. The van der Waals surface area contributed by atoms with Crippen molar-refractivity contribution in [2.75, 3.05) is 7.11 Å². The van der Waals surface area contributed by atoms with Gasteiger partial charge >= 0.3 is 0 Å². The molecule has 0 aromatic heterocycles. The van der Waals surface area contributed by atoms with Crippen LogP contribution in [0, 0.1) is 5.92 Å². The second kappa shape index (κ2) is 4.84. The Labute approximate surface area is 93.0 Å². The SMILES string of the molecule is COC1(CC(O)C2CCCCC2)CCC1. The zero-order valence-corrected chi connectivity index (χ0v) is 9.87. The molecule has 88 valence electrons. The zero-order chi connectivity index (χ0) is 10.7. The molecular weight excluding hydrogens is 188 g/mol. The first-order valence-corrected chi connectivity index (χ1v) is 6.49. The smallest absolute Gasteiger partial charge is 0.0703 e. The number of hydrogen-bond donors (Lipinski definition) is 1. The van der Waals surface area contributed by atoms with E-state index in [0.29, 0.717) is 5.92 Å². The van der Waals surface area contributed by atoms with Crippen molar-refractivity contribution in [3.63, 3.8) is 0 Å². The Hall–Kier alpha value is -0.0800. The summed E-state index contributed by atoms with van der Waals surface area (Å²) in [5.74, 6) is 0.548. The summed E-state index contributed by atoms with van der Waals surface area (Å²) >= 11 is 0. The van der Waals surface area contributed by atoms with Crippen LogP contribution in [0.4, 0.5) is 0 Å². The van der Waals surface area contributed by atoms with Crippen molar-refractivity contribution in [1.82, 2.24) is 0 Å². The molecule has 0 radical (unpaired) electrons. The number of aliphatic hydroxyl groups excluding tert-OH is 1. The molecule has 2 nitrogen and oxygen atoms in total. The van der Waals surface area contributed by atoms with Gasteiger partial charge in [-0.1, -0.05) is 19.3 Å². The van der Waals surface area contributed by atoms with E-state index in [4.69, 9.17) is 4.74 Å². The predicted molar refractivity (Wildman–Crippen MR) is 60.8 cm³/mol. The molecule has 2 heteroatoms. The molecule has 0 heterocycles. The maximum absolute atomic E-state index is 10.2. The van der Waals surface area contributed by atoms with E-state index in [1.807, 2.05) is 0 Å². The molecule has 1 unspecified atom stereocenters. The Morgan fingerprint density at radius 2 is 1.87 bits per heavy atom. The molecule has 1 atom stereocenters. The highest BCUT2D eigenvalue weighted by Gasteiger charge is 2.40. The van der Waals surface area contributed by atoms with Gasteiger partial charge in [0.25, 0.3) is 0 Å². The Bertz CT molecular complexity index is 187. The molecule has 1 N–H and O–H groups in total. The van der Waals surface area contributed by atoms with Crippen LogP contribution in [0.5, 0.6) is 0 Å². The summed E-state index contributed by atoms with van der Waals surface area (Å²) in [5, 5.41) is 10.2. The maximum Gasteiger partial charge on any atom is 0.0703 e. The van der Waals surface area contributed by atoms with Gasteiger partial charge in [-0.05, 0) is 38.0 Å². The summed E-state index contributed by atoms with van der Waals surface area (Å²) in [6.07, 6.45) is 10.7. The van der Waals surface area contributed by atoms with E-state index in [1.54, 1.807) is 7.11 Å². The third-order valence-electron chi connectivity index (χ3n) is 4.47. The summed E-state index contributed by atoms with van der Waals surface area (Å²) in [5.41, 5.74) is 0.0386. The minimum atomic E-state index is -0.120. The fourth-order valence-corrected chi connectivity index (χ4v) is 3.13. The Morgan fingerprint density at radius 3 is 2.33 bits per heavy atom. The largest absolute Gasteiger partial charge is 0.393 e. The highest BCUT2D eigenvalue weighted by atomic mass is 16.5. The van der Waals surface area contributed by atoms with Crippen molar-refractivity contribution in [3.05, 3.63) is 0 Å². The zero-order valence-electron chi connectivity index (χ0n) is 9.87. The van der Waals surface area contributed by atoms with Crippen molar-refractivity contribution in [1.29, 1.82) is 0 Å². The van der Waals surface area contributed by atoms with Gasteiger partial charge in [0.05, 0.1) is 11.7 Å². The van der Waals surface area contributed by atoms with Crippen LogP contribution in [0.3, 0.4) is 0 Å². The van der Waals surface area contributed by atoms with Crippen LogP contribution >= 0.6 is 0 Å². The van der Waals surface area contributed by atoms with E-state index in [0.717, 1.165) is 19.3 Å². The number of rotatable bonds is 4. The maximum atomic E-state index is 10.2. The van der Waals surface area contributed by atoms with E-state index < -0.39 is 0 Å². The molecule has 2 aliphatic rings. The van der Waals surface area contributed by atoms with Gasteiger partial charge in [-0.25, -0.2) is 0 Å². The molecule has 2 aliphatic carbocycles. The van der Waals surface area contributed by atoms with Gasteiger partial charge in [-0.15, -0.1) is 0 Å². The normalized spacial score (nSPS) is 28.4. The first-order chi connectivity index (χ1) is 7.26. The summed E-state index contributed by atoms with van der Waals surface area (Å²) in [6.45, 7) is 0. The van der Waals surface area contributed by atoms with Gasteiger partial charge in [-0.3, -0.25) is 0 Å². The van der Waals surface area contributed by atoms with Crippen molar-refractivity contribution in [3.8, 4) is 0 Å². The molecule has 0 aromatic rings. The fraction of sp³-hybridized carbons (Fsp3) is 1.00. The van der Waals surface area contributed by atoms with Gasteiger partial charge in [0.2, 0.25) is 0 Å². The minimum absolute atomic E-state index is 0.0386. The van der Waals surface area contributed by atoms with Crippen LogP contribution < -0.4 is 0 Å². The lowest BCUT2D eigenvalue weighted by Crippen LogP contribution is -2.44. The molecule has 0 amide bonds. The quantitative estimate of drug-likeness (QED) is 0.776. The average molecular weight is 212 g/mol. The first kappa shape index (κ1) is 11.4. The number of aliphatic hydroxyl groups is 1. The lowest BCUT2D eigenvalue weighted by Gasteiger charge is -2.43. The topological polar surface area (TPSA) is 29.5 Å². The van der Waals surface area contributed by atoms with Crippen LogP contribution in [0.25, 0.3) is 0 Å². The van der Waals surface area contributed by atoms with Crippen molar-refractivity contribution in [2.24, 2.45) is 5.92 Å². The van der Waals surface area contributed by atoms with Crippen molar-refractivity contribution < 1.29 is 9.84 Å². The van der Waals surface area contributed by atoms with E-state index in [-0.39, 0.29) is 11.7 Å². The van der Waals surface area contributed by atoms with Gasteiger partial charge in [0.15, 0.2) is 0 Å². The van der Waals surface area contributed by atoms with Crippen molar-refractivity contribution in [2.45, 2.75) is 69.5 Å². The third kappa shape index (κ3) is 2.54. The van der Waals surface area contributed by atoms with Crippen LogP contribution in [0.2, 0.25) is 0 Å². The van der Waals surface area contributed by atoms with Gasteiger partial charge in [0.1, 0.15) is 0 Å². The highest BCUT2D eigenvalue weighted by Crippen LogP contribution is 2.41. The second-order valence-corrected chi connectivity index (χ2v) is 5.41. The molecule has 2 fully saturated rings. The molecule has 0 aliphatic heterocycles. The molecule has 0 bridgehead atoms. The summed E-state index contributed by atoms with van der Waals surface area (Å²) < 4.78 is 5.58. The minimum Gasteiger partial charge on any atom is -0.393 e. The molecular formula is C13H24O2. The molecule has 0 aromatic carbocycles. The van der Waals surface area contributed by atoms with Crippen LogP contribution in [-0.4, -0.2) is 23.9 Å². The molecule has 0 saturated heterocycles. The van der Waals surface area contributed by atoms with Gasteiger partial charge < -0.3 is 9.84 Å². The number of methoxy groups -OCH3 is 1. The average Bonchev–Trinajstić information content (AvgIpc) is 2.24. The van der Waals surface area contributed by atoms with Crippen LogP contribution in [0.1, 0.15) is 57.8 Å². The van der Waals surface area contributed by atoms with E-state index in [9.17, 15) is 5.11 Å². The van der Waals surface area contributed by atoms with Gasteiger partial charge in [-0.2, -0.15) is 0 Å². The molecule has 2 rings (SSSR count). The van der Waals surface area contributed by atoms with E-state index >= 15 is 0 Å². The number of hydrogen-bond acceptors (Lipinski definition) is 2. The third-order valence-corrected chi connectivity index (χ3v) is 4.47. The number of ether oxygens (including phenoxy) is 1. The Morgan fingerprint density at radius 1 is 1.20 bits per heavy atom. The monoisotopic (exact) mass is 212 g/mol. The standard InChI is InChI=1S/C13H24O2/c1-15-13(8-5-9-13)10-12(14)11-6-3-2-4-7-11/h11-12,14H,2-10H2,1H3. The molecule has 2 saturated carbocycles. The summed E-state index contributed by atoms with van der Waals surface area (Å²) in [4.78, 5) is 0. The molecule has 0 spiro atoms. The summed E-state index contributed by atoms with van der Waals surface area (Å²) in [7, 11) is 1.80. The second-order valence-electron chi connectivity index (χ2n) is 5.41. The lowest BCUT2D eigenvalue weighted by molar-refractivity contribution is -0.109. The van der Waals surface area contributed by atoms with E-state index in [2.05, 4.69) is 0 Å².